The predicted molar refractivity (Wildman–Crippen MR) is 89.6 cm³/mol. The molecule has 2 aromatic rings. The molecule has 0 unspecified atom stereocenters. The summed E-state index contributed by atoms with van der Waals surface area (Å²) < 4.78 is 18.1. The monoisotopic (exact) mass is 343 g/mol. The molecule has 0 fully saturated rings. The van der Waals surface area contributed by atoms with Crippen LogP contribution in [0.3, 0.4) is 0 Å². The van der Waals surface area contributed by atoms with E-state index >= 15 is 0 Å². The van der Waals surface area contributed by atoms with Gasteiger partial charge in [0, 0.05) is 19.0 Å². The fraction of sp³-hybridized carbons (Fsp3) is 0.211. The summed E-state index contributed by atoms with van der Waals surface area (Å²) >= 11 is 0. The molecule has 0 saturated carbocycles. The number of ketones is 1. The maximum absolute atomic E-state index is 12.9. The Morgan fingerprint density at radius 2 is 1.56 bits per heavy atom. The molecule has 6 heteroatoms. The highest BCUT2D eigenvalue weighted by Gasteiger charge is 2.20. The minimum absolute atomic E-state index is 0.142. The zero-order valence-electron chi connectivity index (χ0n) is 13.9. The first kappa shape index (κ1) is 18.3. The lowest BCUT2D eigenvalue weighted by Gasteiger charge is -2.12. The molecule has 0 radical (unpaired) electrons. The summed E-state index contributed by atoms with van der Waals surface area (Å²) in [4.78, 5) is 35.2. The third-order valence-electron chi connectivity index (χ3n) is 3.51. The van der Waals surface area contributed by atoms with Crippen LogP contribution in [0.4, 0.5) is 4.39 Å². The Morgan fingerprint density at radius 1 is 1.00 bits per heavy atom. The molecule has 0 bridgehead atoms. The molecule has 0 aliphatic heterocycles. The van der Waals surface area contributed by atoms with Crippen LogP contribution in [0.25, 0.3) is 0 Å². The Hall–Kier alpha value is -3.02. The number of nitrogens with one attached hydrogen (secondary N) is 1. The lowest BCUT2D eigenvalue weighted by atomic mass is 10.1. The van der Waals surface area contributed by atoms with Crippen LogP contribution in [0.15, 0.2) is 48.5 Å². The number of hydrogen-bond donors (Lipinski definition) is 1. The average molecular weight is 343 g/mol. The molecule has 25 heavy (non-hydrogen) atoms. The van der Waals surface area contributed by atoms with E-state index in [1.54, 1.807) is 24.3 Å². The van der Waals surface area contributed by atoms with E-state index in [1.165, 1.54) is 38.1 Å². The smallest absolute Gasteiger partial charge is 0.338 e. The van der Waals surface area contributed by atoms with E-state index in [9.17, 15) is 18.8 Å². The number of rotatable bonds is 6. The average Bonchev–Trinajstić information content (AvgIpc) is 2.60. The summed E-state index contributed by atoms with van der Waals surface area (Å²) in [5.41, 5.74) is 1.40. The maximum atomic E-state index is 12.9. The molecule has 1 amide bonds. The lowest BCUT2D eigenvalue weighted by Crippen LogP contribution is -2.24. The van der Waals surface area contributed by atoms with Crippen molar-refractivity contribution < 1.29 is 23.5 Å². The Kier molecular flexibility index (Phi) is 6.00. The number of ether oxygens (including phenoxy) is 1. The summed E-state index contributed by atoms with van der Waals surface area (Å²) in [6, 6.07) is 11.6. The van der Waals surface area contributed by atoms with Crippen molar-refractivity contribution in [2.75, 3.05) is 0 Å². The van der Waals surface area contributed by atoms with Gasteiger partial charge in [0.05, 0.1) is 5.56 Å². The maximum Gasteiger partial charge on any atom is 0.338 e. The first-order valence-electron chi connectivity index (χ1n) is 7.71. The second-order valence-corrected chi connectivity index (χ2v) is 5.53. The number of Topliss-reactive ketones (excluding diaryl/α,β-unsaturated/α-hetero) is 1. The van der Waals surface area contributed by atoms with E-state index in [-0.39, 0.29) is 11.5 Å². The van der Waals surface area contributed by atoms with Crippen molar-refractivity contribution >= 4 is 17.7 Å². The van der Waals surface area contributed by atoms with Gasteiger partial charge in [-0.3, -0.25) is 9.59 Å². The van der Waals surface area contributed by atoms with Crippen LogP contribution in [0.5, 0.6) is 0 Å². The third kappa shape index (κ3) is 5.24. The summed E-state index contributed by atoms with van der Waals surface area (Å²) in [6.07, 6.45) is -0.989. The summed E-state index contributed by atoms with van der Waals surface area (Å²) in [5.74, 6) is -1.62. The van der Waals surface area contributed by atoms with Crippen molar-refractivity contribution in [2.24, 2.45) is 0 Å². The van der Waals surface area contributed by atoms with Gasteiger partial charge in [-0.15, -0.1) is 0 Å². The molecule has 1 atom stereocenters. The van der Waals surface area contributed by atoms with Crippen LogP contribution < -0.4 is 5.32 Å². The van der Waals surface area contributed by atoms with Gasteiger partial charge in [0.15, 0.2) is 6.10 Å². The van der Waals surface area contributed by atoms with Gasteiger partial charge in [0.2, 0.25) is 11.7 Å². The lowest BCUT2D eigenvalue weighted by molar-refractivity contribution is -0.119. The number of carbonyl (C=O) groups is 3. The number of esters is 1. The van der Waals surface area contributed by atoms with E-state index in [1.807, 2.05) is 0 Å². The molecular formula is C19H18FNO4. The highest BCUT2D eigenvalue weighted by Crippen LogP contribution is 2.11. The normalized spacial score (nSPS) is 11.5. The van der Waals surface area contributed by atoms with E-state index in [0.29, 0.717) is 12.1 Å². The second kappa shape index (κ2) is 8.19. The molecule has 5 nitrogen and oxygen atoms in total. The molecule has 130 valence electrons. The van der Waals surface area contributed by atoms with Crippen LogP contribution in [0.1, 0.15) is 40.1 Å². The zero-order valence-corrected chi connectivity index (χ0v) is 13.9. The standard InChI is InChI=1S/C19H18FNO4/c1-12(18(23)15-7-9-17(20)10-8-15)25-19(24)16-5-3-14(4-6-16)11-21-13(2)22/h3-10,12H,11H2,1-2H3,(H,21,22)/t12-/m1/s1. The summed E-state index contributed by atoms with van der Waals surface area (Å²) in [7, 11) is 0. The number of carbonyl (C=O) groups excluding carboxylic acids is 3. The van der Waals surface area contributed by atoms with E-state index in [0.717, 1.165) is 5.56 Å². The Balaban J connectivity index is 1.97. The van der Waals surface area contributed by atoms with Crippen LogP contribution in [-0.2, 0) is 16.1 Å². The fourth-order valence-corrected chi connectivity index (χ4v) is 2.12. The van der Waals surface area contributed by atoms with E-state index in [4.69, 9.17) is 4.74 Å². The van der Waals surface area contributed by atoms with Crippen molar-refractivity contribution in [1.82, 2.24) is 5.32 Å². The van der Waals surface area contributed by atoms with E-state index in [2.05, 4.69) is 5.32 Å². The SMILES string of the molecule is CC(=O)NCc1ccc(C(=O)O[C@H](C)C(=O)c2ccc(F)cc2)cc1. The van der Waals surface area contributed by atoms with Crippen molar-refractivity contribution in [3.63, 3.8) is 0 Å². The minimum Gasteiger partial charge on any atom is -0.451 e. The molecule has 0 aromatic heterocycles. The van der Waals surface area contributed by atoms with Gasteiger partial charge in [0.1, 0.15) is 5.82 Å². The van der Waals surface area contributed by atoms with Gasteiger partial charge in [-0.05, 0) is 48.9 Å². The number of benzene rings is 2. The molecule has 2 aromatic carbocycles. The molecule has 0 heterocycles. The zero-order chi connectivity index (χ0) is 18.4. The highest BCUT2D eigenvalue weighted by molar-refractivity contribution is 6.01. The topological polar surface area (TPSA) is 72.5 Å². The summed E-state index contributed by atoms with van der Waals surface area (Å²) in [6.45, 7) is 3.25. The van der Waals surface area contributed by atoms with Crippen LogP contribution in [-0.4, -0.2) is 23.8 Å². The van der Waals surface area contributed by atoms with Gasteiger partial charge in [-0.1, -0.05) is 12.1 Å². The largest absolute Gasteiger partial charge is 0.451 e. The van der Waals surface area contributed by atoms with Crippen LogP contribution >= 0.6 is 0 Å². The van der Waals surface area contributed by atoms with Gasteiger partial charge in [0.25, 0.3) is 0 Å². The van der Waals surface area contributed by atoms with Crippen molar-refractivity contribution in [2.45, 2.75) is 26.5 Å². The first-order valence-corrected chi connectivity index (χ1v) is 7.71. The molecule has 1 N–H and O–H groups in total. The number of hydrogen-bond acceptors (Lipinski definition) is 4. The predicted octanol–water partition coefficient (Wildman–Crippen LogP) is 2.89. The molecular weight excluding hydrogens is 325 g/mol. The highest BCUT2D eigenvalue weighted by atomic mass is 19.1. The fourth-order valence-electron chi connectivity index (χ4n) is 2.12. The number of halogens is 1. The molecule has 0 aliphatic carbocycles. The molecule has 0 aliphatic rings. The van der Waals surface area contributed by atoms with Crippen LogP contribution in [0, 0.1) is 5.82 Å². The number of amides is 1. The van der Waals surface area contributed by atoms with Gasteiger partial charge < -0.3 is 10.1 Å². The molecule has 0 spiro atoms. The van der Waals surface area contributed by atoms with Crippen LogP contribution in [0.2, 0.25) is 0 Å². The van der Waals surface area contributed by atoms with Gasteiger partial charge in [-0.2, -0.15) is 0 Å². The van der Waals surface area contributed by atoms with E-state index < -0.39 is 23.7 Å². The molecule has 2 rings (SSSR count). The first-order chi connectivity index (χ1) is 11.9. The van der Waals surface area contributed by atoms with Gasteiger partial charge in [-0.25, -0.2) is 9.18 Å². The minimum atomic E-state index is -0.989. The van der Waals surface area contributed by atoms with Crippen molar-refractivity contribution in [1.29, 1.82) is 0 Å². The Bertz CT molecular complexity index is 769. The molecule has 0 saturated heterocycles. The third-order valence-corrected chi connectivity index (χ3v) is 3.51. The van der Waals surface area contributed by atoms with Gasteiger partial charge >= 0.3 is 5.97 Å². The van der Waals surface area contributed by atoms with Crippen molar-refractivity contribution in [3.05, 3.63) is 71.0 Å². The second-order valence-electron chi connectivity index (χ2n) is 5.53. The summed E-state index contributed by atoms with van der Waals surface area (Å²) in [5, 5.41) is 2.65. The quantitative estimate of drug-likeness (QED) is 0.647. The van der Waals surface area contributed by atoms with Crippen molar-refractivity contribution in [3.8, 4) is 0 Å². The Morgan fingerprint density at radius 3 is 2.12 bits per heavy atom. The Labute approximate surface area is 144 Å².